The summed E-state index contributed by atoms with van der Waals surface area (Å²) in [5.74, 6) is -1.52. The molecule has 3 rings (SSSR count). The van der Waals surface area contributed by atoms with Crippen molar-refractivity contribution in [2.24, 2.45) is 0 Å². The van der Waals surface area contributed by atoms with Crippen LogP contribution in [0.4, 0.5) is 9.18 Å². The molecule has 0 radical (unpaired) electrons. The number of aryl methyl sites for hydroxylation is 2. The van der Waals surface area contributed by atoms with E-state index in [4.69, 9.17) is 9.84 Å². The minimum atomic E-state index is -1.11. The molecule has 8 heteroatoms. The third-order valence-electron chi connectivity index (χ3n) is 4.05. The van der Waals surface area contributed by atoms with Crippen LogP contribution >= 0.6 is 0 Å². The maximum absolute atomic E-state index is 13.8. The number of carbonyl (C=O) groups excluding carboxylic acids is 1. The molecule has 0 aliphatic carbocycles. The van der Waals surface area contributed by atoms with Crippen LogP contribution in [0.25, 0.3) is 0 Å². The Kier molecular flexibility index (Phi) is 4.69. The molecule has 0 bridgehead atoms. The predicted molar refractivity (Wildman–Crippen MR) is 85.5 cm³/mol. The molecule has 0 unspecified atom stereocenters. The SMILES string of the molecule is Cc1ccc(COC(=O)N2CCCn3nc(C(=O)O)cc3C2)c(F)c1. The van der Waals surface area contributed by atoms with Crippen LogP contribution in [-0.2, 0) is 24.4 Å². The molecular weight excluding hydrogens is 329 g/mol. The number of aromatic carboxylic acids is 1. The molecule has 1 aromatic carbocycles. The molecule has 0 fully saturated rings. The van der Waals surface area contributed by atoms with Crippen molar-refractivity contribution >= 4 is 12.1 Å². The summed E-state index contributed by atoms with van der Waals surface area (Å²) in [6, 6.07) is 6.19. The van der Waals surface area contributed by atoms with Crippen LogP contribution in [0, 0.1) is 12.7 Å². The van der Waals surface area contributed by atoms with Gasteiger partial charge in [0, 0.05) is 18.7 Å². The smallest absolute Gasteiger partial charge is 0.410 e. The number of carboxylic acid groups (broad SMARTS) is 1. The van der Waals surface area contributed by atoms with Gasteiger partial charge >= 0.3 is 12.1 Å². The number of hydrogen-bond acceptors (Lipinski definition) is 4. The first-order valence-electron chi connectivity index (χ1n) is 7.91. The fraction of sp³-hybridized carbons (Fsp3) is 0.353. The van der Waals surface area contributed by atoms with E-state index in [1.807, 2.05) is 0 Å². The van der Waals surface area contributed by atoms with E-state index in [0.29, 0.717) is 30.8 Å². The van der Waals surface area contributed by atoms with Crippen LogP contribution in [0.2, 0.25) is 0 Å². The number of nitrogens with zero attached hydrogens (tertiary/aromatic N) is 3. The first-order chi connectivity index (χ1) is 11.9. The van der Waals surface area contributed by atoms with Gasteiger partial charge in [0.2, 0.25) is 0 Å². The van der Waals surface area contributed by atoms with Crippen LogP contribution in [0.3, 0.4) is 0 Å². The number of rotatable bonds is 3. The standard InChI is InChI=1S/C17H18FN3O4/c1-11-3-4-12(14(18)7-11)10-25-17(24)20-5-2-6-21-13(9-20)8-15(19-21)16(22)23/h3-4,7-8H,2,5-6,9-10H2,1H3,(H,22,23). The quantitative estimate of drug-likeness (QED) is 0.922. The maximum atomic E-state index is 13.8. The minimum absolute atomic E-state index is 0.0491. The number of fused-ring (bicyclic) bond motifs is 1. The Bertz CT molecular complexity index is 818. The fourth-order valence-electron chi connectivity index (χ4n) is 2.72. The van der Waals surface area contributed by atoms with E-state index in [2.05, 4.69) is 5.10 Å². The molecule has 1 aromatic heterocycles. The van der Waals surface area contributed by atoms with Gasteiger partial charge in [0.1, 0.15) is 12.4 Å². The van der Waals surface area contributed by atoms with E-state index in [1.54, 1.807) is 23.7 Å². The second-order valence-corrected chi connectivity index (χ2v) is 5.97. The van der Waals surface area contributed by atoms with Crippen molar-refractivity contribution in [1.29, 1.82) is 0 Å². The zero-order chi connectivity index (χ0) is 18.0. The summed E-state index contributed by atoms with van der Waals surface area (Å²) in [6.45, 7) is 2.82. The largest absolute Gasteiger partial charge is 0.476 e. The molecule has 2 heterocycles. The minimum Gasteiger partial charge on any atom is -0.476 e. The van der Waals surface area contributed by atoms with Gasteiger partial charge in [0.05, 0.1) is 12.2 Å². The molecule has 0 atom stereocenters. The van der Waals surface area contributed by atoms with Gasteiger partial charge in [0.15, 0.2) is 5.69 Å². The van der Waals surface area contributed by atoms with Gasteiger partial charge in [0.25, 0.3) is 0 Å². The molecule has 7 nitrogen and oxygen atoms in total. The van der Waals surface area contributed by atoms with Gasteiger partial charge in [-0.2, -0.15) is 5.10 Å². The average Bonchev–Trinajstić information content (AvgIpc) is 2.86. The molecule has 0 spiro atoms. The van der Waals surface area contributed by atoms with E-state index in [0.717, 1.165) is 5.56 Å². The van der Waals surface area contributed by atoms with Crippen molar-refractivity contribution in [2.75, 3.05) is 6.54 Å². The second-order valence-electron chi connectivity index (χ2n) is 5.97. The number of ether oxygens (including phenoxy) is 1. The van der Waals surface area contributed by atoms with E-state index >= 15 is 0 Å². The molecule has 0 saturated heterocycles. The normalized spacial score (nSPS) is 13.9. The van der Waals surface area contributed by atoms with Crippen molar-refractivity contribution in [1.82, 2.24) is 14.7 Å². The molecule has 1 aliphatic rings. The van der Waals surface area contributed by atoms with Crippen LogP contribution in [0.5, 0.6) is 0 Å². The van der Waals surface area contributed by atoms with Crippen LogP contribution in [0.15, 0.2) is 24.3 Å². The third kappa shape index (κ3) is 3.78. The lowest BCUT2D eigenvalue weighted by Crippen LogP contribution is -2.31. The number of hydrogen-bond donors (Lipinski definition) is 1. The van der Waals surface area contributed by atoms with Crippen molar-refractivity contribution < 1.29 is 23.8 Å². The Labute approximate surface area is 143 Å². The highest BCUT2D eigenvalue weighted by Gasteiger charge is 2.23. The second kappa shape index (κ2) is 6.92. The Morgan fingerprint density at radius 1 is 1.32 bits per heavy atom. The average molecular weight is 347 g/mol. The molecule has 132 valence electrons. The van der Waals surface area contributed by atoms with E-state index in [9.17, 15) is 14.0 Å². The molecule has 0 saturated carbocycles. The Balaban J connectivity index is 1.66. The summed E-state index contributed by atoms with van der Waals surface area (Å²) < 4.78 is 20.6. The number of carboxylic acids is 1. The van der Waals surface area contributed by atoms with Gasteiger partial charge in [-0.05, 0) is 31.0 Å². The van der Waals surface area contributed by atoms with E-state index in [-0.39, 0.29) is 18.8 Å². The predicted octanol–water partition coefficient (Wildman–Crippen LogP) is 2.57. The van der Waals surface area contributed by atoms with Crippen LogP contribution in [0.1, 0.15) is 33.7 Å². The molecule has 1 aliphatic heterocycles. The van der Waals surface area contributed by atoms with Gasteiger partial charge < -0.3 is 14.7 Å². The monoisotopic (exact) mass is 347 g/mol. The summed E-state index contributed by atoms with van der Waals surface area (Å²) in [5, 5.41) is 13.0. The molecule has 2 aromatic rings. The lowest BCUT2D eigenvalue weighted by atomic mass is 10.1. The summed E-state index contributed by atoms with van der Waals surface area (Å²) in [6.07, 6.45) is 0.0633. The molecule has 25 heavy (non-hydrogen) atoms. The molecular formula is C17H18FN3O4. The summed E-state index contributed by atoms with van der Waals surface area (Å²) in [7, 11) is 0. The number of carbonyl (C=O) groups is 2. The van der Waals surface area contributed by atoms with Crippen molar-refractivity contribution in [3.8, 4) is 0 Å². The summed E-state index contributed by atoms with van der Waals surface area (Å²) in [4.78, 5) is 24.8. The molecule has 1 N–H and O–H groups in total. The Hall–Kier alpha value is -2.90. The van der Waals surface area contributed by atoms with Crippen LogP contribution < -0.4 is 0 Å². The van der Waals surface area contributed by atoms with Gasteiger partial charge in [-0.25, -0.2) is 14.0 Å². The highest BCUT2D eigenvalue weighted by atomic mass is 19.1. The molecule has 1 amide bonds. The lowest BCUT2D eigenvalue weighted by molar-refractivity contribution is 0.0689. The highest BCUT2D eigenvalue weighted by Crippen LogP contribution is 2.16. The van der Waals surface area contributed by atoms with E-state index in [1.165, 1.54) is 17.0 Å². The maximum Gasteiger partial charge on any atom is 0.410 e. The zero-order valence-electron chi connectivity index (χ0n) is 13.7. The summed E-state index contributed by atoms with van der Waals surface area (Å²) >= 11 is 0. The Morgan fingerprint density at radius 3 is 2.84 bits per heavy atom. The van der Waals surface area contributed by atoms with Crippen molar-refractivity contribution in [3.63, 3.8) is 0 Å². The lowest BCUT2D eigenvalue weighted by Gasteiger charge is -2.19. The number of benzene rings is 1. The van der Waals surface area contributed by atoms with Crippen molar-refractivity contribution in [3.05, 3.63) is 52.6 Å². The first kappa shape index (κ1) is 16.9. The summed E-state index contributed by atoms with van der Waals surface area (Å²) in [5.41, 5.74) is 1.69. The first-order valence-corrected chi connectivity index (χ1v) is 7.91. The van der Waals surface area contributed by atoms with Crippen LogP contribution in [-0.4, -0.2) is 38.4 Å². The fourth-order valence-corrected chi connectivity index (χ4v) is 2.72. The number of halogens is 1. The highest BCUT2D eigenvalue weighted by molar-refractivity contribution is 5.85. The van der Waals surface area contributed by atoms with Gasteiger partial charge in [-0.3, -0.25) is 4.68 Å². The number of aromatic nitrogens is 2. The van der Waals surface area contributed by atoms with Gasteiger partial charge in [-0.15, -0.1) is 0 Å². The van der Waals surface area contributed by atoms with E-state index < -0.39 is 17.9 Å². The van der Waals surface area contributed by atoms with Gasteiger partial charge in [-0.1, -0.05) is 12.1 Å². The topological polar surface area (TPSA) is 84.7 Å². The third-order valence-corrected chi connectivity index (χ3v) is 4.05. The zero-order valence-corrected chi connectivity index (χ0v) is 13.7. The Morgan fingerprint density at radius 2 is 2.12 bits per heavy atom. The van der Waals surface area contributed by atoms with Crippen molar-refractivity contribution in [2.45, 2.75) is 33.0 Å². The number of amides is 1.